The molecule has 3 nitrogen and oxygen atoms in total. The lowest BCUT2D eigenvalue weighted by atomic mass is 9.88. The summed E-state index contributed by atoms with van der Waals surface area (Å²) < 4.78 is 6.79. The Balaban J connectivity index is 2.49. The highest BCUT2D eigenvalue weighted by atomic mass is 28.3. The van der Waals surface area contributed by atoms with Gasteiger partial charge < -0.3 is 14.6 Å². The van der Waals surface area contributed by atoms with Crippen molar-refractivity contribution in [2.75, 3.05) is 13.2 Å². The number of allylic oxidation sites excluding steroid dienone is 1. The molecule has 0 atom stereocenters. The molecule has 0 saturated heterocycles. The molecule has 0 aliphatic rings. The molecule has 2 N–H and O–H groups in total. The molecule has 0 aliphatic carbocycles. The highest BCUT2D eigenvalue weighted by Crippen LogP contribution is 2.32. The van der Waals surface area contributed by atoms with Crippen LogP contribution in [0.1, 0.15) is 40.0 Å². The third-order valence-corrected chi connectivity index (χ3v) is 6.45. The molecular formula is C23H31O3Si. The van der Waals surface area contributed by atoms with Crippen LogP contribution in [0.2, 0.25) is 0 Å². The molecule has 0 aliphatic heterocycles. The quantitative estimate of drug-likeness (QED) is 0.516. The van der Waals surface area contributed by atoms with Crippen molar-refractivity contribution in [3.8, 4) is 0 Å². The van der Waals surface area contributed by atoms with Crippen LogP contribution >= 0.6 is 0 Å². The monoisotopic (exact) mass is 383 g/mol. The zero-order chi connectivity index (χ0) is 19.7. The molecule has 2 aromatic carbocycles. The molecule has 2 rings (SSSR count). The molecule has 0 bridgehead atoms. The highest BCUT2D eigenvalue weighted by Gasteiger charge is 2.29. The first kappa shape index (κ1) is 21.4. The molecule has 0 spiro atoms. The molecule has 1 radical (unpaired) electrons. The Bertz CT molecular complexity index is 666. The standard InChI is InChI=1S/C23H31O3Si/c1-23(2,3)22(19(16-18-25)11-10-17-24)26-27(20-12-6-4-7-13-20)21-14-8-5-9-15-21/h4-9,12-15,24-25H,10-11,16-18H2,1-3H3. The van der Waals surface area contributed by atoms with Crippen molar-refractivity contribution in [3.63, 3.8) is 0 Å². The van der Waals surface area contributed by atoms with Crippen LogP contribution in [0.25, 0.3) is 0 Å². The van der Waals surface area contributed by atoms with Gasteiger partial charge in [-0.05, 0) is 35.2 Å². The minimum atomic E-state index is -1.47. The molecule has 0 fully saturated rings. The molecule has 0 saturated carbocycles. The van der Waals surface area contributed by atoms with Gasteiger partial charge >= 0.3 is 9.04 Å². The van der Waals surface area contributed by atoms with Gasteiger partial charge in [0, 0.05) is 18.6 Å². The molecule has 0 heterocycles. The lowest BCUT2D eigenvalue weighted by Crippen LogP contribution is -2.46. The van der Waals surface area contributed by atoms with Gasteiger partial charge in [-0.3, -0.25) is 0 Å². The SMILES string of the molecule is CC(C)(C)C(O[Si](c1ccccc1)c1ccccc1)=C(CCO)CCCO. The van der Waals surface area contributed by atoms with E-state index in [0.717, 1.165) is 17.8 Å². The smallest absolute Gasteiger partial charge is 0.352 e. The number of hydrogen-bond donors (Lipinski definition) is 2. The van der Waals surface area contributed by atoms with Crippen LogP contribution in [-0.4, -0.2) is 32.5 Å². The Morgan fingerprint density at radius 2 is 1.33 bits per heavy atom. The van der Waals surface area contributed by atoms with E-state index in [2.05, 4.69) is 45.0 Å². The molecule has 4 heteroatoms. The maximum absolute atomic E-state index is 9.57. The zero-order valence-electron chi connectivity index (χ0n) is 16.6. The van der Waals surface area contributed by atoms with E-state index >= 15 is 0 Å². The van der Waals surface area contributed by atoms with Crippen molar-refractivity contribution in [1.29, 1.82) is 0 Å². The normalized spacial score (nSPS) is 12.8. The fourth-order valence-electron chi connectivity index (χ4n) is 3.10. The van der Waals surface area contributed by atoms with E-state index in [1.807, 2.05) is 36.4 Å². The summed E-state index contributed by atoms with van der Waals surface area (Å²) in [6.45, 7) is 6.67. The van der Waals surface area contributed by atoms with Gasteiger partial charge in [0.1, 0.15) is 0 Å². The molecule has 2 aromatic rings. The number of aliphatic hydroxyl groups excluding tert-OH is 2. The molecular weight excluding hydrogens is 352 g/mol. The number of hydrogen-bond acceptors (Lipinski definition) is 3. The highest BCUT2D eigenvalue weighted by molar-refractivity contribution is 6.80. The van der Waals surface area contributed by atoms with Gasteiger partial charge in [-0.1, -0.05) is 81.4 Å². The van der Waals surface area contributed by atoms with E-state index in [1.54, 1.807) is 0 Å². The Kier molecular flexibility index (Phi) is 8.29. The molecule has 0 unspecified atom stereocenters. The topological polar surface area (TPSA) is 49.7 Å². The Morgan fingerprint density at radius 3 is 1.74 bits per heavy atom. The number of rotatable bonds is 9. The average Bonchev–Trinajstić information content (AvgIpc) is 2.67. The second-order valence-electron chi connectivity index (χ2n) is 7.65. The van der Waals surface area contributed by atoms with Crippen molar-refractivity contribution in [3.05, 3.63) is 72.0 Å². The van der Waals surface area contributed by atoms with Crippen LogP contribution in [0.15, 0.2) is 72.0 Å². The van der Waals surface area contributed by atoms with Crippen LogP contribution in [0.4, 0.5) is 0 Å². The Hall–Kier alpha value is -1.88. The summed E-state index contributed by atoms with van der Waals surface area (Å²) in [4.78, 5) is 0. The molecule has 27 heavy (non-hydrogen) atoms. The lowest BCUT2D eigenvalue weighted by molar-refractivity contribution is 0.261. The van der Waals surface area contributed by atoms with E-state index < -0.39 is 9.04 Å². The second kappa shape index (κ2) is 10.5. The summed E-state index contributed by atoms with van der Waals surface area (Å²) in [6.07, 6.45) is 1.99. The first-order valence-corrected chi connectivity index (χ1v) is 11.0. The maximum atomic E-state index is 9.57. The van der Waals surface area contributed by atoms with Crippen LogP contribution in [0, 0.1) is 5.41 Å². The fraction of sp³-hybridized carbons (Fsp3) is 0.391. The molecule has 0 amide bonds. The van der Waals surface area contributed by atoms with Crippen LogP contribution in [0.3, 0.4) is 0 Å². The summed E-state index contributed by atoms with van der Waals surface area (Å²) in [5.74, 6) is 0.951. The maximum Gasteiger partial charge on any atom is 0.352 e. The van der Waals surface area contributed by atoms with Crippen LogP contribution < -0.4 is 10.4 Å². The van der Waals surface area contributed by atoms with Crippen molar-refractivity contribution in [2.45, 2.75) is 40.0 Å². The van der Waals surface area contributed by atoms with Crippen molar-refractivity contribution in [1.82, 2.24) is 0 Å². The average molecular weight is 384 g/mol. The predicted octanol–water partition coefficient (Wildman–Crippen LogP) is 3.26. The minimum Gasteiger partial charge on any atom is -0.535 e. The predicted molar refractivity (Wildman–Crippen MR) is 113 cm³/mol. The van der Waals surface area contributed by atoms with E-state index in [0.29, 0.717) is 12.8 Å². The van der Waals surface area contributed by atoms with Gasteiger partial charge in [-0.2, -0.15) is 0 Å². The largest absolute Gasteiger partial charge is 0.535 e. The van der Waals surface area contributed by atoms with E-state index in [-0.39, 0.29) is 18.6 Å². The van der Waals surface area contributed by atoms with Crippen LogP contribution in [-0.2, 0) is 4.43 Å². The Labute approximate surface area is 165 Å². The lowest BCUT2D eigenvalue weighted by Gasteiger charge is -2.31. The van der Waals surface area contributed by atoms with Gasteiger partial charge in [0.05, 0.1) is 5.76 Å². The first-order chi connectivity index (χ1) is 13.0. The van der Waals surface area contributed by atoms with Crippen molar-refractivity contribution >= 4 is 19.4 Å². The number of benzene rings is 2. The van der Waals surface area contributed by atoms with E-state index in [1.165, 1.54) is 10.4 Å². The van der Waals surface area contributed by atoms with Crippen molar-refractivity contribution in [2.24, 2.45) is 5.41 Å². The molecule has 145 valence electrons. The first-order valence-electron chi connectivity index (χ1n) is 9.57. The summed E-state index contributed by atoms with van der Waals surface area (Å²) in [6, 6.07) is 20.7. The van der Waals surface area contributed by atoms with E-state index in [9.17, 15) is 10.2 Å². The van der Waals surface area contributed by atoms with Gasteiger partial charge in [0.15, 0.2) is 0 Å². The van der Waals surface area contributed by atoms with Gasteiger partial charge in [0.25, 0.3) is 0 Å². The van der Waals surface area contributed by atoms with Crippen molar-refractivity contribution < 1.29 is 14.6 Å². The number of aliphatic hydroxyl groups is 2. The summed E-state index contributed by atoms with van der Waals surface area (Å²) in [5.41, 5.74) is 0.924. The fourth-order valence-corrected chi connectivity index (χ4v) is 5.31. The summed E-state index contributed by atoms with van der Waals surface area (Å²) in [7, 11) is -1.47. The summed E-state index contributed by atoms with van der Waals surface area (Å²) >= 11 is 0. The minimum absolute atomic E-state index is 0.0858. The van der Waals surface area contributed by atoms with Gasteiger partial charge in [-0.15, -0.1) is 0 Å². The Morgan fingerprint density at radius 1 is 0.815 bits per heavy atom. The van der Waals surface area contributed by atoms with Gasteiger partial charge in [0.2, 0.25) is 0 Å². The van der Waals surface area contributed by atoms with Gasteiger partial charge in [-0.25, -0.2) is 0 Å². The summed E-state index contributed by atoms with van der Waals surface area (Å²) in [5, 5.41) is 21.3. The zero-order valence-corrected chi connectivity index (χ0v) is 17.6. The third kappa shape index (κ3) is 6.35. The molecule has 0 aromatic heterocycles. The third-order valence-electron chi connectivity index (χ3n) is 4.33. The second-order valence-corrected chi connectivity index (χ2v) is 9.66. The van der Waals surface area contributed by atoms with E-state index in [4.69, 9.17) is 4.43 Å². The van der Waals surface area contributed by atoms with Crippen LogP contribution in [0.5, 0.6) is 0 Å².